The van der Waals surface area contributed by atoms with E-state index in [9.17, 15) is 19.2 Å². The molecule has 0 atom stereocenters. The lowest BCUT2D eigenvalue weighted by molar-refractivity contribution is -0.131. The van der Waals surface area contributed by atoms with Gasteiger partial charge in [-0.05, 0) is 37.5 Å². The molecule has 5 amide bonds. The molecule has 3 rings (SSSR count). The van der Waals surface area contributed by atoms with Crippen LogP contribution in [0.15, 0.2) is 54.6 Å². The summed E-state index contributed by atoms with van der Waals surface area (Å²) in [5.41, 5.74) is 2.14. The summed E-state index contributed by atoms with van der Waals surface area (Å²) in [5.74, 6) is -0.229. The Hall–Kier alpha value is -4.28. The second kappa shape index (κ2) is 14.0. The first-order valence-electron chi connectivity index (χ1n) is 12.9. The SMILES string of the molecule is CC(C)(C)OC(=O)NCc1ccc(CNC(=O)N2CCN(C(=O)CNC(=O)OCc3ccccc3)CC2)cc1. The van der Waals surface area contributed by atoms with Gasteiger partial charge >= 0.3 is 18.2 Å². The van der Waals surface area contributed by atoms with Crippen molar-refractivity contribution >= 4 is 24.1 Å². The summed E-state index contributed by atoms with van der Waals surface area (Å²) in [7, 11) is 0. The third-order valence-corrected chi connectivity index (χ3v) is 5.82. The van der Waals surface area contributed by atoms with Crippen LogP contribution < -0.4 is 16.0 Å². The molecular weight excluding hydrogens is 502 g/mol. The van der Waals surface area contributed by atoms with E-state index in [0.717, 1.165) is 16.7 Å². The van der Waals surface area contributed by atoms with E-state index in [1.807, 2.05) is 75.4 Å². The van der Waals surface area contributed by atoms with Crippen molar-refractivity contribution in [3.63, 3.8) is 0 Å². The van der Waals surface area contributed by atoms with Gasteiger partial charge in [0.25, 0.3) is 0 Å². The topological polar surface area (TPSA) is 129 Å². The van der Waals surface area contributed by atoms with Crippen molar-refractivity contribution in [2.75, 3.05) is 32.7 Å². The van der Waals surface area contributed by atoms with E-state index in [1.54, 1.807) is 9.80 Å². The largest absolute Gasteiger partial charge is 0.445 e. The fourth-order valence-electron chi connectivity index (χ4n) is 3.75. The summed E-state index contributed by atoms with van der Waals surface area (Å²) in [4.78, 5) is 52.0. The molecule has 1 aliphatic rings. The van der Waals surface area contributed by atoms with Crippen LogP contribution in [0.5, 0.6) is 0 Å². The molecule has 0 aliphatic carbocycles. The minimum absolute atomic E-state index is 0.129. The Morgan fingerprint density at radius 3 is 1.87 bits per heavy atom. The van der Waals surface area contributed by atoms with E-state index < -0.39 is 17.8 Å². The summed E-state index contributed by atoms with van der Waals surface area (Å²) in [6.07, 6.45) is -1.13. The number of nitrogens with zero attached hydrogens (tertiary/aromatic N) is 2. The Morgan fingerprint density at radius 1 is 0.718 bits per heavy atom. The second-order valence-electron chi connectivity index (χ2n) is 10.1. The Balaban J connectivity index is 1.31. The van der Waals surface area contributed by atoms with Crippen LogP contribution in [-0.4, -0.2) is 72.2 Å². The average molecular weight is 540 g/mol. The Kier molecular flexibility index (Phi) is 10.5. The van der Waals surface area contributed by atoms with Gasteiger partial charge < -0.3 is 35.2 Å². The molecule has 0 saturated carbocycles. The van der Waals surface area contributed by atoms with E-state index in [2.05, 4.69) is 16.0 Å². The number of rotatable bonds is 8. The molecule has 11 heteroatoms. The van der Waals surface area contributed by atoms with E-state index in [0.29, 0.717) is 39.3 Å². The highest BCUT2D eigenvalue weighted by Crippen LogP contribution is 2.09. The number of piperazine rings is 1. The number of benzene rings is 2. The van der Waals surface area contributed by atoms with E-state index in [4.69, 9.17) is 9.47 Å². The van der Waals surface area contributed by atoms with Crippen molar-refractivity contribution in [2.24, 2.45) is 0 Å². The highest BCUT2D eigenvalue weighted by atomic mass is 16.6. The fourth-order valence-corrected chi connectivity index (χ4v) is 3.75. The molecule has 210 valence electrons. The van der Waals surface area contributed by atoms with Crippen LogP contribution in [0.4, 0.5) is 14.4 Å². The monoisotopic (exact) mass is 539 g/mol. The summed E-state index contributed by atoms with van der Waals surface area (Å²) in [6.45, 7) is 7.63. The highest BCUT2D eigenvalue weighted by molar-refractivity contribution is 5.82. The molecule has 1 heterocycles. The fraction of sp³-hybridized carbons (Fsp3) is 0.429. The molecule has 2 aromatic carbocycles. The lowest BCUT2D eigenvalue weighted by atomic mass is 10.1. The first-order valence-corrected chi connectivity index (χ1v) is 12.9. The van der Waals surface area contributed by atoms with Crippen molar-refractivity contribution in [3.8, 4) is 0 Å². The predicted molar refractivity (Wildman–Crippen MR) is 145 cm³/mol. The van der Waals surface area contributed by atoms with Gasteiger partial charge in [0.1, 0.15) is 18.8 Å². The summed E-state index contributed by atoms with van der Waals surface area (Å²) in [5, 5.41) is 8.08. The van der Waals surface area contributed by atoms with Crippen molar-refractivity contribution in [2.45, 2.75) is 46.1 Å². The molecule has 1 saturated heterocycles. The lowest BCUT2D eigenvalue weighted by Gasteiger charge is -2.34. The van der Waals surface area contributed by atoms with Gasteiger partial charge in [0.2, 0.25) is 5.91 Å². The summed E-state index contributed by atoms with van der Waals surface area (Å²) >= 11 is 0. The van der Waals surface area contributed by atoms with Gasteiger partial charge in [-0.3, -0.25) is 4.79 Å². The minimum atomic E-state index is -0.655. The van der Waals surface area contributed by atoms with Crippen LogP contribution in [0.1, 0.15) is 37.5 Å². The Labute approximate surface area is 228 Å². The molecule has 0 spiro atoms. The lowest BCUT2D eigenvalue weighted by Crippen LogP contribution is -2.54. The van der Waals surface area contributed by atoms with Crippen LogP contribution in [0.3, 0.4) is 0 Å². The minimum Gasteiger partial charge on any atom is -0.445 e. The van der Waals surface area contributed by atoms with Crippen LogP contribution in [0.2, 0.25) is 0 Å². The number of urea groups is 1. The molecule has 0 unspecified atom stereocenters. The first-order chi connectivity index (χ1) is 18.6. The third-order valence-electron chi connectivity index (χ3n) is 5.82. The standard InChI is InChI=1S/C28H37N5O6/c1-28(2,3)39-27(37)30-18-22-11-9-21(10-12-22)17-29-25(35)33-15-13-32(14-16-33)24(34)19-31-26(36)38-20-23-7-5-4-6-8-23/h4-12H,13-20H2,1-3H3,(H,29,35)(H,30,37)(H,31,36). The van der Waals surface area contributed by atoms with Gasteiger partial charge in [-0.15, -0.1) is 0 Å². The van der Waals surface area contributed by atoms with Crippen LogP contribution in [0, 0.1) is 0 Å². The predicted octanol–water partition coefficient (Wildman–Crippen LogP) is 2.99. The van der Waals surface area contributed by atoms with Crippen molar-refractivity contribution in [3.05, 3.63) is 71.3 Å². The maximum absolute atomic E-state index is 12.6. The molecule has 0 aromatic heterocycles. The molecule has 1 aliphatic heterocycles. The second-order valence-corrected chi connectivity index (χ2v) is 10.1. The van der Waals surface area contributed by atoms with Gasteiger partial charge in [-0.1, -0.05) is 54.6 Å². The normalized spacial score (nSPS) is 13.3. The average Bonchev–Trinajstić information content (AvgIpc) is 2.92. The van der Waals surface area contributed by atoms with Crippen LogP contribution >= 0.6 is 0 Å². The van der Waals surface area contributed by atoms with Gasteiger partial charge in [-0.25, -0.2) is 14.4 Å². The number of hydrogen-bond acceptors (Lipinski definition) is 6. The molecule has 39 heavy (non-hydrogen) atoms. The van der Waals surface area contributed by atoms with Crippen LogP contribution in [0.25, 0.3) is 0 Å². The zero-order valence-electron chi connectivity index (χ0n) is 22.7. The van der Waals surface area contributed by atoms with Crippen LogP contribution in [-0.2, 0) is 34.0 Å². The summed E-state index contributed by atoms with van der Waals surface area (Å²) in [6, 6.07) is 16.6. The molecule has 2 aromatic rings. The maximum Gasteiger partial charge on any atom is 0.407 e. The molecule has 0 bridgehead atoms. The zero-order chi connectivity index (χ0) is 28.3. The molecule has 3 N–H and O–H groups in total. The number of carbonyl (C=O) groups excluding carboxylic acids is 4. The number of alkyl carbamates (subject to hydrolysis) is 2. The van der Waals surface area contributed by atoms with E-state index in [-0.39, 0.29) is 25.1 Å². The molecule has 11 nitrogen and oxygen atoms in total. The number of nitrogens with one attached hydrogen (secondary N) is 3. The van der Waals surface area contributed by atoms with Crippen molar-refractivity contribution in [1.82, 2.24) is 25.8 Å². The number of carbonyl (C=O) groups is 4. The van der Waals surface area contributed by atoms with Gasteiger partial charge in [0.05, 0.1) is 0 Å². The zero-order valence-corrected chi connectivity index (χ0v) is 22.7. The number of amides is 5. The van der Waals surface area contributed by atoms with Gasteiger partial charge in [-0.2, -0.15) is 0 Å². The van der Waals surface area contributed by atoms with Crippen molar-refractivity contribution in [1.29, 1.82) is 0 Å². The molecule has 0 radical (unpaired) electrons. The van der Waals surface area contributed by atoms with Crippen molar-refractivity contribution < 1.29 is 28.7 Å². The van der Waals surface area contributed by atoms with Gasteiger partial charge in [0, 0.05) is 39.3 Å². The highest BCUT2D eigenvalue weighted by Gasteiger charge is 2.24. The quantitative estimate of drug-likeness (QED) is 0.473. The maximum atomic E-state index is 12.6. The number of hydrogen-bond donors (Lipinski definition) is 3. The van der Waals surface area contributed by atoms with E-state index in [1.165, 1.54) is 0 Å². The van der Waals surface area contributed by atoms with Gasteiger partial charge in [0.15, 0.2) is 0 Å². The summed E-state index contributed by atoms with van der Waals surface area (Å²) < 4.78 is 10.3. The number of ether oxygens (including phenoxy) is 2. The Morgan fingerprint density at radius 2 is 1.28 bits per heavy atom. The smallest absolute Gasteiger partial charge is 0.407 e. The van der Waals surface area contributed by atoms with E-state index >= 15 is 0 Å². The molecular formula is C28H37N5O6. The first kappa shape index (κ1) is 29.3. The third kappa shape index (κ3) is 10.5. The Bertz CT molecular complexity index is 1110. The molecule has 1 fully saturated rings.